The molecule has 1 spiro atoms. The molecule has 1 aromatic carbocycles. The van der Waals surface area contributed by atoms with E-state index in [1.54, 1.807) is 9.80 Å². The summed E-state index contributed by atoms with van der Waals surface area (Å²) in [7, 11) is 0. The Morgan fingerprint density at radius 1 is 1.04 bits per heavy atom. The minimum Gasteiger partial charge on any atom is -0.447 e. The van der Waals surface area contributed by atoms with Crippen LogP contribution in [0.4, 0.5) is 9.59 Å². The molecule has 2 aliphatic rings. The number of carbonyl (C=O) groups is 2. The van der Waals surface area contributed by atoms with E-state index >= 15 is 0 Å². The van der Waals surface area contributed by atoms with Crippen molar-refractivity contribution in [3.63, 3.8) is 0 Å². The standard InChI is InChI=1S/C19H26N2O4/c1-15(2)25-18(23)21-13-19(14-21)8-10-20(11-9-19)17(22)24-12-16-6-4-3-5-7-16/h3-7,15H,8-14H2,1-2H3. The molecular weight excluding hydrogens is 320 g/mol. The van der Waals surface area contributed by atoms with Crippen LogP contribution in [0.3, 0.4) is 0 Å². The van der Waals surface area contributed by atoms with Crippen molar-refractivity contribution in [2.45, 2.75) is 39.4 Å². The van der Waals surface area contributed by atoms with Gasteiger partial charge in [-0.05, 0) is 32.3 Å². The zero-order valence-corrected chi connectivity index (χ0v) is 14.9. The third kappa shape index (κ3) is 4.24. The Bertz CT molecular complexity index is 601. The summed E-state index contributed by atoms with van der Waals surface area (Å²) in [6.07, 6.45) is 1.22. The lowest BCUT2D eigenvalue weighted by Gasteiger charge is -2.53. The van der Waals surface area contributed by atoms with Gasteiger partial charge in [-0.15, -0.1) is 0 Å². The second kappa shape index (κ2) is 7.33. The average molecular weight is 346 g/mol. The van der Waals surface area contributed by atoms with Crippen molar-refractivity contribution in [1.29, 1.82) is 0 Å². The van der Waals surface area contributed by atoms with Crippen LogP contribution in [0.5, 0.6) is 0 Å². The molecule has 0 aliphatic carbocycles. The molecule has 0 N–H and O–H groups in total. The fourth-order valence-corrected chi connectivity index (χ4v) is 3.46. The van der Waals surface area contributed by atoms with E-state index in [1.165, 1.54) is 0 Å². The third-order valence-corrected chi connectivity index (χ3v) is 4.93. The smallest absolute Gasteiger partial charge is 0.410 e. The van der Waals surface area contributed by atoms with Crippen LogP contribution < -0.4 is 0 Å². The Hall–Kier alpha value is -2.24. The number of ether oxygens (including phenoxy) is 2. The Morgan fingerprint density at radius 3 is 2.28 bits per heavy atom. The molecule has 2 heterocycles. The van der Waals surface area contributed by atoms with E-state index in [-0.39, 0.29) is 23.7 Å². The predicted molar refractivity (Wildman–Crippen MR) is 93.1 cm³/mol. The third-order valence-electron chi connectivity index (χ3n) is 4.93. The molecule has 2 fully saturated rings. The summed E-state index contributed by atoms with van der Waals surface area (Å²) >= 11 is 0. The molecule has 0 unspecified atom stereocenters. The maximum absolute atomic E-state index is 12.2. The number of hydrogen-bond donors (Lipinski definition) is 0. The number of hydrogen-bond acceptors (Lipinski definition) is 4. The van der Waals surface area contributed by atoms with E-state index in [4.69, 9.17) is 9.47 Å². The molecule has 0 aromatic heterocycles. The van der Waals surface area contributed by atoms with Gasteiger partial charge >= 0.3 is 12.2 Å². The first-order valence-electron chi connectivity index (χ1n) is 8.89. The summed E-state index contributed by atoms with van der Waals surface area (Å²) in [6.45, 7) is 6.83. The second-order valence-electron chi connectivity index (χ2n) is 7.32. The summed E-state index contributed by atoms with van der Waals surface area (Å²) < 4.78 is 10.6. The van der Waals surface area contributed by atoms with Gasteiger partial charge in [0, 0.05) is 31.6 Å². The first-order valence-corrected chi connectivity index (χ1v) is 8.89. The van der Waals surface area contributed by atoms with Gasteiger partial charge < -0.3 is 19.3 Å². The van der Waals surface area contributed by atoms with E-state index in [1.807, 2.05) is 44.2 Å². The van der Waals surface area contributed by atoms with E-state index in [0.29, 0.717) is 19.7 Å². The molecule has 2 saturated heterocycles. The summed E-state index contributed by atoms with van der Waals surface area (Å²) in [5, 5.41) is 0. The normalized spacial score (nSPS) is 18.8. The van der Waals surface area contributed by atoms with E-state index in [0.717, 1.165) is 31.5 Å². The van der Waals surface area contributed by atoms with Gasteiger partial charge in [0.1, 0.15) is 6.61 Å². The lowest BCUT2D eigenvalue weighted by Crippen LogP contribution is -2.62. The number of nitrogens with zero attached hydrogens (tertiary/aromatic N) is 2. The van der Waals surface area contributed by atoms with Crippen LogP contribution >= 0.6 is 0 Å². The zero-order chi connectivity index (χ0) is 17.9. The first-order chi connectivity index (χ1) is 12.0. The van der Waals surface area contributed by atoms with Gasteiger partial charge in [0.15, 0.2) is 0 Å². The topological polar surface area (TPSA) is 59.1 Å². The van der Waals surface area contributed by atoms with Crippen LogP contribution in [0, 0.1) is 5.41 Å². The van der Waals surface area contributed by atoms with E-state index in [2.05, 4.69) is 0 Å². The second-order valence-corrected chi connectivity index (χ2v) is 7.32. The lowest BCUT2D eigenvalue weighted by molar-refractivity contribution is -0.0456. The SMILES string of the molecule is CC(C)OC(=O)N1CC2(CCN(C(=O)OCc3ccccc3)CC2)C1. The van der Waals surface area contributed by atoms with E-state index in [9.17, 15) is 9.59 Å². The van der Waals surface area contributed by atoms with Crippen LogP contribution in [0.2, 0.25) is 0 Å². The molecule has 2 aliphatic heterocycles. The molecule has 0 radical (unpaired) electrons. The highest BCUT2D eigenvalue weighted by atomic mass is 16.6. The van der Waals surface area contributed by atoms with Gasteiger partial charge in [0.2, 0.25) is 0 Å². The molecule has 25 heavy (non-hydrogen) atoms. The molecule has 6 heteroatoms. The zero-order valence-electron chi connectivity index (χ0n) is 14.9. The Labute approximate surface area is 148 Å². The monoisotopic (exact) mass is 346 g/mol. The minimum atomic E-state index is -0.255. The van der Waals surface area contributed by atoms with Crippen molar-refractivity contribution in [2.24, 2.45) is 5.41 Å². The maximum Gasteiger partial charge on any atom is 0.410 e. The molecule has 0 saturated carbocycles. The molecule has 0 atom stereocenters. The minimum absolute atomic E-state index is 0.0923. The van der Waals surface area contributed by atoms with Crippen LogP contribution in [0.15, 0.2) is 30.3 Å². The van der Waals surface area contributed by atoms with Gasteiger partial charge in [0.05, 0.1) is 6.10 Å². The van der Waals surface area contributed by atoms with Gasteiger partial charge in [-0.3, -0.25) is 0 Å². The van der Waals surface area contributed by atoms with Gasteiger partial charge in [-0.25, -0.2) is 9.59 Å². The summed E-state index contributed by atoms with van der Waals surface area (Å²) in [4.78, 5) is 27.6. The van der Waals surface area contributed by atoms with Crippen molar-refractivity contribution in [3.05, 3.63) is 35.9 Å². The van der Waals surface area contributed by atoms with E-state index < -0.39 is 0 Å². The van der Waals surface area contributed by atoms with Crippen LogP contribution in [0.25, 0.3) is 0 Å². The molecule has 2 amide bonds. The number of likely N-dealkylation sites (tertiary alicyclic amines) is 2. The molecule has 3 rings (SSSR count). The quantitative estimate of drug-likeness (QED) is 0.843. The van der Waals surface area contributed by atoms with Crippen molar-refractivity contribution in [1.82, 2.24) is 9.80 Å². The van der Waals surface area contributed by atoms with Gasteiger partial charge in [-0.2, -0.15) is 0 Å². The van der Waals surface area contributed by atoms with Crippen molar-refractivity contribution < 1.29 is 19.1 Å². The number of amides is 2. The Balaban J connectivity index is 1.40. The highest BCUT2D eigenvalue weighted by Gasteiger charge is 2.48. The first kappa shape index (κ1) is 17.6. The fraction of sp³-hybridized carbons (Fsp3) is 0.579. The lowest BCUT2D eigenvalue weighted by atomic mass is 9.72. The molecule has 0 bridgehead atoms. The largest absolute Gasteiger partial charge is 0.447 e. The van der Waals surface area contributed by atoms with Gasteiger partial charge in [0.25, 0.3) is 0 Å². The van der Waals surface area contributed by atoms with Crippen LogP contribution in [-0.4, -0.2) is 54.3 Å². The van der Waals surface area contributed by atoms with Crippen LogP contribution in [-0.2, 0) is 16.1 Å². The Kier molecular flexibility index (Phi) is 5.16. The molecule has 6 nitrogen and oxygen atoms in total. The number of carbonyl (C=O) groups excluding carboxylic acids is 2. The summed E-state index contributed by atoms with van der Waals surface area (Å²) in [5.74, 6) is 0. The Morgan fingerprint density at radius 2 is 1.68 bits per heavy atom. The number of benzene rings is 1. The molecule has 1 aromatic rings. The number of piperidine rings is 1. The molecule has 136 valence electrons. The summed E-state index contributed by atoms with van der Waals surface area (Å²) in [6, 6.07) is 9.69. The summed E-state index contributed by atoms with van der Waals surface area (Å²) in [5.41, 5.74) is 1.13. The number of rotatable bonds is 3. The van der Waals surface area contributed by atoms with Crippen molar-refractivity contribution in [3.8, 4) is 0 Å². The van der Waals surface area contributed by atoms with Gasteiger partial charge in [-0.1, -0.05) is 30.3 Å². The highest BCUT2D eigenvalue weighted by molar-refractivity contribution is 5.69. The molecular formula is C19H26N2O4. The predicted octanol–water partition coefficient (Wildman–Crippen LogP) is 3.27. The fourth-order valence-electron chi connectivity index (χ4n) is 3.46. The van der Waals surface area contributed by atoms with Crippen molar-refractivity contribution >= 4 is 12.2 Å². The highest BCUT2D eigenvalue weighted by Crippen LogP contribution is 2.40. The average Bonchev–Trinajstić information content (AvgIpc) is 2.58. The maximum atomic E-state index is 12.2. The van der Waals surface area contributed by atoms with Crippen LogP contribution in [0.1, 0.15) is 32.3 Å². The van der Waals surface area contributed by atoms with Crippen molar-refractivity contribution in [2.75, 3.05) is 26.2 Å².